The van der Waals surface area contributed by atoms with Gasteiger partial charge in [0.2, 0.25) is 11.8 Å². The van der Waals surface area contributed by atoms with Crippen molar-refractivity contribution in [2.45, 2.75) is 90.4 Å². The third kappa shape index (κ3) is 8.91. The van der Waals surface area contributed by atoms with E-state index in [9.17, 15) is 23.6 Å². The molecule has 0 bridgehead atoms. The van der Waals surface area contributed by atoms with Crippen LogP contribution >= 0.6 is 0 Å². The Labute approximate surface area is 274 Å². The summed E-state index contributed by atoms with van der Waals surface area (Å²) < 4.78 is 34.9. The fraction of sp³-hybridized carbons (Fsp3) is 0.636. The van der Waals surface area contributed by atoms with Crippen LogP contribution in [0.4, 0.5) is 14.5 Å². The number of amides is 4. The molecular formula is C33H47F2N7O5. The maximum Gasteiger partial charge on any atom is 0.276 e. The largest absolute Gasteiger partial charge is 0.341 e. The minimum Gasteiger partial charge on any atom is -0.341 e. The topological polar surface area (TPSA) is 150 Å². The van der Waals surface area contributed by atoms with Crippen molar-refractivity contribution in [2.24, 2.45) is 11.8 Å². The maximum absolute atomic E-state index is 15.6. The Bertz CT molecular complexity index is 1430. The molecule has 0 unspecified atom stereocenters. The zero-order valence-electron chi connectivity index (χ0n) is 28.1. The summed E-state index contributed by atoms with van der Waals surface area (Å²) in [7, 11) is 1.95. The highest BCUT2D eigenvalue weighted by Crippen LogP contribution is 2.32. The van der Waals surface area contributed by atoms with Crippen LogP contribution in [0.15, 0.2) is 22.8 Å². The van der Waals surface area contributed by atoms with E-state index < -0.39 is 47.2 Å². The summed E-state index contributed by atoms with van der Waals surface area (Å²) in [4.78, 5) is 56.7. The van der Waals surface area contributed by atoms with Gasteiger partial charge in [0.1, 0.15) is 23.6 Å². The number of carbonyl (C=O) groups excluding carboxylic acids is 4. The van der Waals surface area contributed by atoms with E-state index in [1.807, 2.05) is 7.05 Å². The summed E-state index contributed by atoms with van der Waals surface area (Å²) in [6.45, 7) is 10.0. The molecule has 2 fully saturated rings. The average molecular weight is 660 g/mol. The Morgan fingerprint density at radius 1 is 1.04 bits per heavy atom. The zero-order valence-corrected chi connectivity index (χ0v) is 28.1. The van der Waals surface area contributed by atoms with Gasteiger partial charge in [0, 0.05) is 32.1 Å². The van der Waals surface area contributed by atoms with Crippen LogP contribution in [0.3, 0.4) is 0 Å². The lowest BCUT2D eigenvalue weighted by Crippen LogP contribution is -2.57. The molecule has 1 aliphatic carbocycles. The lowest BCUT2D eigenvalue weighted by atomic mass is 9.79. The number of aromatic nitrogens is 2. The van der Waals surface area contributed by atoms with E-state index in [1.54, 1.807) is 24.8 Å². The number of nitrogens with zero attached hydrogens (tertiary/aromatic N) is 4. The molecule has 4 amide bonds. The molecule has 14 heteroatoms. The first kappa shape index (κ1) is 35.9. The molecule has 1 saturated heterocycles. The number of halogens is 2. The zero-order chi connectivity index (χ0) is 34.5. The predicted molar refractivity (Wildman–Crippen MR) is 171 cm³/mol. The Morgan fingerprint density at radius 2 is 1.70 bits per heavy atom. The van der Waals surface area contributed by atoms with E-state index in [4.69, 9.17) is 4.63 Å². The van der Waals surface area contributed by atoms with E-state index in [-0.39, 0.29) is 23.2 Å². The number of piperazine rings is 1. The first-order valence-corrected chi connectivity index (χ1v) is 16.4. The van der Waals surface area contributed by atoms with Crippen molar-refractivity contribution in [3.8, 4) is 0 Å². The fourth-order valence-corrected chi connectivity index (χ4v) is 6.09. The van der Waals surface area contributed by atoms with E-state index in [2.05, 4.69) is 38.1 Å². The standard InChI is InChI=1S/C33H47F2N7O5/c1-7-24-28(40-47-39-24)30(44)37-27(21-10-8-19(2)9-11-21)29(43)36-25-13-12-22(18-23(25)34)20(3)26(38-32(46)33(4,5)35)31(45)42-16-14-41(6)15-17-42/h12-13,18-21,26-27H,7-11,14-17H2,1-6H3,(H,36,43)(H,37,44)(H,38,46)/t19?,20-,21?,26+,27-/m0/s1. The predicted octanol–water partition coefficient (Wildman–Crippen LogP) is 3.44. The summed E-state index contributed by atoms with van der Waals surface area (Å²) in [5, 5.41) is 15.4. The lowest BCUT2D eigenvalue weighted by molar-refractivity contribution is -0.141. The fourth-order valence-electron chi connectivity index (χ4n) is 6.09. The molecule has 0 spiro atoms. The minimum absolute atomic E-state index is 0.00270. The summed E-state index contributed by atoms with van der Waals surface area (Å²) in [5.41, 5.74) is -1.60. The molecule has 1 aromatic carbocycles. The second-order valence-corrected chi connectivity index (χ2v) is 13.5. The van der Waals surface area contributed by atoms with Gasteiger partial charge in [-0.15, -0.1) is 0 Å². The smallest absolute Gasteiger partial charge is 0.276 e. The number of alkyl halides is 1. The number of aryl methyl sites for hydroxylation is 1. The summed E-state index contributed by atoms with van der Waals surface area (Å²) >= 11 is 0. The van der Waals surface area contributed by atoms with E-state index in [0.29, 0.717) is 62.6 Å². The van der Waals surface area contributed by atoms with Gasteiger partial charge < -0.3 is 25.8 Å². The van der Waals surface area contributed by atoms with Crippen molar-refractivity contribution >= 4 is 29.3 Å². The van der Waals surface area contributed by atoms with Crippen LogP contribution in [0.25, 0.3) is 0 Å². The number of rotatable bonds is 11. The molecule has 4 rings (SSSR count). The van der Waals surface area contributed by atoms with Crippen LogP contribution in [-0.2, 0) is 20.8 Å². The van der Waals surface area contributed by atoms with Crippen LogP contribution < -0.4 is 16.0 Å². The van der Waals surface area contributed by atoms with Gasteiger partial charge in [-0.2, -0.15) is 0 Å². The molecule has 2 aromatic rings. The van der Waals surface area contributed by atoms with E-state index >= 15 is 4.39 Å². The van der Waals surface area contributed by atoms with Gasteiger partial charge in [0.25, 0.3) is 11.8 Å². The molecular weight excluding hydrogens is 612 g/mol. The van der Waals surface area contributed by atoms with Crippen molar-refractivity contribution in [2.75, 3.05) is 38.5 Å². The molecule has 258 valence electrons. The van der Waals surface area contributed by atoms with Gasteiger partial charge in [0.15, 0.2) is 11.4 Å². The van der Waals surface area contributed by atoms with Crippen molar-refractivity contribution in [1.29, 1.82) is 0 Å². The second-order valence-electron chi connectivity index (χ2n) is 13.5. The number of anilines is 1. The maximum atomic E-state index is 15.6. The molecule has 1 aliphatic heterocycles. The molecule has 3 atom stereocenters. The van der Waals surface area contributed by atoms with E-state index in [0.717, 1.165) is 26.7 Å². The molecule has 2 aliphatic rings. The van der Waals surface area contributed by atoms with Crippen LogP contribution in [0.1, 0.15) is 88.0 Å². The Hall–Kier alpha value is -3.94. The first-order valence-electron chi connectivity index (χ1n) is 16.4. The molecule has 1 aromatic heterocycles. The molecule has 1 saturated carbocycles. The number of likely N-dealkylation sites (N-methyl/N-ethyl adjacent to an activating group) is 1. The van der Waals surface area contributed by atoms with Crippen molar-refractivity contribution in [3.63, 3.8) is 0 Å². The van der Waals surface area contributed by atoms with Gasteiger partial charge in [-0.05, 0) is 74.8 Å². The quantitative estimate of drug-likeness (QED) is 0.332. The van der Waals surface area contributed by atoms with Crippen LogP contribution in [0, 0.1) is 17.7 Å². The van der Waals surface area contributed by atoms with Gasteiger partial charge >= 0.3 is 0 Å². The third-order valence-corrected chi connectivity index (χ3v) is 9.39. The molecule has 2 heterocycles. The van der Waals surface area contributed by atoms with Gasteiger partial charge in [0.05, 0.1) is 5.69 Å². The summed E-state index contributed by atoms with van der Waals surface area (Å²) in [5.74, 6) is -3.67. The molecule has 12 nitrogen and oxygen atoms in total. The van der Waals surface area contributed by atoms with E-state index in [1.165, 1.54) is 12.1 Å². The SMILES string of the molecule is CCc1nonc1C(=O)N[C@H](C(=O)Nc1ccc([C@H](C)[C@@H](NC(=O)C(C)(C)F)C(=O)N2CCN(C)CC2)cc1F)C1CCC(C)CC1. The Morgan fingerprint density at radius 3 is 2.30 bits per heavy atom. The minimum atomic E-state index is -2.23. The summed E-state index contributed by atoms with van der Waals surface area (Å²) in [6, 6.07) is 2.04. The monoisotopic (exact) mass is 659 g/mol. The highest BCUT2D eigenvalue weighted by Gasteiger charge is 2.38. The van der Waals surface area contributed by atoms with Gasteiger partial charge in [-0.3, -0.25) is 19.2 Å². The van der Waals surface area contributed by atoms with Crippen LogP contribution in [0.5, 0.6) is 0 Å². The van der Waals surface area contributed by atoms with Gasteiger partial charge in [-0.25, -0.2) is 13.4 Å². The summed E-state index contributed by atoms with van der Waals surface area (Å²) in [6.07, 6.45) is 3.61. The number of benzene rings is 1. The van der Waals surface area contributed by atoms with Crippen molar-refractivity contribution in [1.82, 2.24) is 30.7 Å². The van der Waals surface area contributed by atoms with Crippen LogP contribution in [0.2, 0.25) is 0 Å². The highest BCUT2D eigenvalue weighted by atomic mass is 19.1. The molecule has 0 radical (unpaired) electrons. The van der Waals surface area contributed by atoms with Crippen molar-refractivity contribution < 1.29 is 32.6 Å². The number of hydrogen-bond acceptors (Lipinski definition) is 8. The Balaban J connectivity index is 1.54. The number of nitrogens with one attached hydrogen (secondary N) is 3. The number of carbonyl (C=O) groups is 4. The molecule has 47 heavy (non-hydrogen) atoms. The normalized spacial score (nSPS) is 21.0. The second kappa shape index (κ2) is 15.3. The van der Waals surface area contributed by atoms with Crippen LogP contribution in [-0.4, -0.2) is 94.7 Å². The third-order valence-electron chi connectivity index (χ3n) is 9.39. The van der Waals surface area contributed by atoms with Gasteiger partial charge in [-0.1, -0.05) is 44.8 Å². The Kier molecular flexibility index (Phi) is 11.7. The van der Waals surface area contributed by atoms with Crippen molar-refractivity contribution in [3.05, 3.63) is 41.0 Å². The molecule has 3 N–H and O–H groups in total. The average Bonchev–Trinajstić information content (AvgIpc) is 3.52. The first-order chi connectivity index (χ1) is 22.2. The lowest BCUT2D eigenvalue weighted by Gasteiger charge is -2.36. The number of hydrogen-bond donors (Lipinski definition) is 3. The highest BCUT2D eigenvalue weighted by molar-refractivity contribution is 6.01.